The third-order valence-corrected chi connectivity index (χ3v) is 11.2. The van der Waals surface area contributed by atoms with Crippen LogP contribution in [0.4, 0.5) is 34.1 Å². The molecule has 9 aromatic rings. The normalized spacial score (nSPS) is 13.2. The van der Waals surface area contributed by atoms with Crippen molar-refractivity contribution in [1.29, 1.82) is 0 Å². The summed E-state index contributed by atoms with van der Waals surface area (Å²) >= 11 is 0. The van der Waals surface area contributed by atoms with Gasteiger partial charge in [0.1, 0.15) is 0 Å². The Labute approximate surface area is 310 Å². The van der Waals surface area contributed by atoms with Gasteiger partial charge in [-0.15, -0.1) is 0 Å². The summed E-state index contributed by atoms with van der Waals surface area (Å²) in [6, 6.07) is 70.9. The molecule has 0 saturated carbocycles. The Bertz CT molecular complexity index is 2780. The third-order valence-electron chi connectivity index (χ3n) is 11.2. The lowest BCUT2D eigenvalue weighted by Crippen LogP contribution is -2.32. The van der Waals surface area contributed by atoms with Gasteiger partial charge in [0.05, 0.1) is 22.7 Å². The summed E-state index contributed by atoms with van der Waals surface area (Å²) < 4.78 is 0. The molecule has 1 aliphatic heterocycles. The van der Waals surface area contributed by atoms with Crippen LogP contribution in [0.15, 0.2) is 194 Å². The third kappa shape index (κ3) is 4.87. The van der Waals surface area contributed by atoms with Gasteiger partial charge in [0.2, 0.25) is 0 Å². The van der Waals surface area contributed by atoms with E-state index in [0.717, 1.165) is 22.7 Å². The summed E-state index contributed by atoms with van der Waals surface area (Å²) in [4.78, 5) is 4.96. The van der Waals surface area contributed by atoms with E-state index in [4.69, 9.17) is 0 Å². The van der Waals surface area contributed by atoms with E-state index >= 15 is 0 Å². The Hall–Kier alpha value is -6.64. The molecule has 0 saturated heterocycles. The number of benzene rings is 9. The Morgan fingerprint density at radius 3 is 1.72 bits per heavy atom. The van der Waals surface area contributed by atoms with E-state index in [-0.39, 0.29) is 5.41 Å². The highest BCUT2D eigenvalue weighted by molar-refractivity contribution is 6.15. The predicted molar refractivity (Wildman–Crippen MR) is 226 cm³/mol. The first kappa shape index (κ1) is 31.1. The molecular formula is C51H38N2. The maximum absolute atomic E-state index is 2.55. The Kier molecular flexibility index (Phi) is 7.19. The first-order valence-electron chi connectivity index (χ1n) is 18.5. The van der Waals surface area contributed by atoms with Crippen molar-refractivity contribution in [2.75, 3.05) is 9.80 Å². The van der Waals surface area contributed by atoms with Crippen LogP contribution in [0.3, 0.4) is 0 Å². The fourth-order valence-corrected chi connectivity index (χ4v) is 8.83. The molecule has 0 atom stereocenters. The zero-order valence-electron chi connectivity index (χ0n) is 29.9. The summed E-state index contributed by atoms with van der Waals surface area (Å²) in [5.74, 6) is 0. The Morgan fingerprint density at radius 2 is 0.981 bits per heavy atom. The van der Waals surface area contributed by atoms with Crippen LogP contribution in [0.25, 0.3) is 43.4 Å². The number of nitrogens with zero attached hydrogens (tertiary/aromatic N) is 2. The molecule has 0 N–H and O–H groups in total. The molecule has 53 heavy (non-hydrogen) atoms. The van der Waals surface area contributed by atoms with E-state index in [0.29, 0.717) is 0 Å². The Morgan fingerprint density at radius 1 is 0.415 bits per heavy atom. The van der Waals surface area contributed by atoms with Crippen LogP contribution in [0.2, 0.25) is 0 Å². The van der Waals surface area contributed by atoms with Gasteiger partial charge in [0.15, 0.2) is 0 Å². The van der Waals surface area contributed by atoms with E-state index in [1.807, 2.05) is 0 Å². The summed E-state index contributed by atoms with van der Waals surface area (Å²) in [6.07, 6.45) is 0. The SMILES string of the molecule is CC1(C)c2ccccc2N(c2c(N(c3ccccc3)c3ccccc3)ccc3ccccc23)c2cccc(-c3cc4ccccc4c4ccccc34)c21. The van der Waals surface area contributed by atoms with Gasteiger partial charge >= 0.3 is 0 Å². The molecule has 0 aromatic heterocycles. The van der Waals surface area contributed by atoms with E-state index in [1.165, 1.54) is 65.9 Å². The standard InChI is InChI=1S/C51H38N2/c1-51(2)45-29-15-16-30-46(45)53(47-31-17-28-43(49(47)51)44-34-36-19-10-11-24-39(36)41-26-13-14-27-42(41)44)50-40-25-12-9-18-35(40)32-33-48(50)52(37-20-5-3-6-21-37)38-22-7-4-8-23-38/h3-34H,1-2H3. The van der Waals surface area contributed by atoms with Crippen LogP contribution in [0.5, 0.6) is 0 Å². The molecule has 0 unspecified atom stereocenters. The molecule has 1 aliphatic rings. The van der Waals surface area contributed by atoms with Crippen molar-refractivity contribution in [1.82, 2.24) is 0 Å². The quantitative estimate of drug-likeness (QED) is 0.167. The highest BCUT2D eigenvalue weighted by Gasteiger charge is 2.40. The second-order valence-corrected chi connectivity index (χ2v) is 14.5. The predicted octanol–water partition coefficient (Wildman–Crippen LogP) is 14.4. The minimum absolute atomic E-state index is 0.297. The number of hydrogen-bond donors (Lipinski definition) is 0. The van der Waals surface area contributed by atoms with E-state index in [9.17, 15) is 0 Å². The second kappa shape index (κ2) is 12.3. The van der Waals surface area contributed by atoms with Gasteiger partial charge in [-0.3, -0.25) is 0 Å². The van der Waals surface area contributed by atoms with Crippen molar-refractivity contribution < 1.29 is 0 Å². The highest BCUT2D eigenvalue weighted by Crippen LogP contribution is 2.58. The Balaban J connectivity index is 1.33. The fourth-order valence-electron chi connectivity index (χ4n) is 8.83. The van der Waals surface area contributed by atoms with Gasteiger partial charge in [-0.25, -0.2) is 0 Å². The van der Waals surface area contributed by atoms with Crippen LogP contribution in [0, 0.1) is 0 Å². The van der Waals surface area contributed by atoms with Crippen LogP contribution < -0.4 is 9.80 Å². The monoisotopic (exact) mass is 678 g/mol. The van der Waals surface area contributed by atoms with Gasteiger partial charge in [-0.05, 0) is 97.7 Å². The highest BCUT2D eigenvalue weighted by atomic mass is 15.2. The van der Waals surface area contributed by atoms with Crippen molar-refractivity contribution in [2.45, 2.75) is 19.3 Å². The van der Waals surface area contributed by atoms with Crippen molar-refractivity contribution in [3.05, 3.63) is 205 Å². The van der Waals surface area contributed by atoms with Gasteiger partial charge in [0, 0.05) is 22.2 Å². The maximum atomic E-state index is 2.55. The lowest BCUT2D eigenvalue weighted by molar-refractivity contribution is 0.634. The van der Waals surface area contributed by atoms with Crippen LogP contribution in [-0.4, -0.2) is 0 Å². The van der Waals surface area contributed by atoms with E-state index in [2.05, 4.69) is 218 Å². The molecule has 2 nitrogen and oxygen atoms in total. The minimum Gasteiger partial charge on any atom is -0.308 e. The molecule has 10 rings (SSSR count). The average Bonchev–Trinajstić information content (AvgIpc) is 3.22. The second-order valence-electron chi connectivity index (χ2n) is 14.5. The number of anilines is 6. The molecule has 2 heteroatoms. The number of hydrogen-bond acceptors (Lipinski definition) is 2. The molecular weight excluding hydrogens is 641 g/mol. The van der Waals surface area contributed by atoms with Gasteiger partial charge in [-0.1, -0.05) is 159 Å². The molecule has 0 radical (unpaired) electrons. The first-order chi connectivity index (χ1) is 26.1. The largest absolute Gasteiger partial charge is 0.308 e. The molecule has 0 aliphatic carbocycles. The minimum atomic E-state index is -0.297. The zero-order valence-corrected chi connectivity index (χ0v) is 29.9. The fraction of sp³-hybridized carbons (Fsp3) is 0.0588. The summed E-state index contributed by atoms with van der Waals surface area (Å²) in [5.41, 5.74) is 11.7. The van der Waals surface area contributed by atoms with E-state index in [1.54, 1.807) is 0 Å². The lowest BCUT2D eigenvalue weighted by atomic mass is 9.70. The van der Waals surface area contributed by atoms with E-state index < -0.39 is 0 Å². The van der Waals surface area contributed by atoms with Gasteiger partial charge < -0.3 is 9.80 Å². The number of rotatable bonds is 5. The zero-order chi connectivity index (χ0) is 35.5. The summed E-state index contributed by atoms with van der Waals surface area (Å²) in [6.45, 7) is 4.80. The molecule has 0 fully saturated rings. The van der Waals surface area contributed by atoms with Crippen LogP contribution >= 0.6 is 0 Å². The summed E-state index contributed by atoms with van der Waals surface area (Å²) in [7, 11) is 0. The van der Waals surface area contributed by atoms with Gasteiger partial charge in [0.25, 0.3) is 0 Å². The van der Waals surface area contributed by atoms with Crippen molar-refractivity contribution in [3.63, 3.8) is 0 Å². The molecule has 1 heterocycles. The number of para-hydroxylation sites is 3. The van der Waals surface area contributed by atoms with Crippen molar-refractivity contribution in [2.24, 2.45) is 0 Å². The van der Waals surface area contributed by atoms with Crippen LogP contribution in [-0.2, 0) is 5.41 Å². The molecule has 9 aromatic carbocycles. The average molecular weight is 679 g/mol. The molecule has 0 spiro atoms. The van der Waals surface area contributed by atoms with Gasteiger partial charge in [-0.2, -0.15) is 0 Å². The lowest BCUT2D eigenvalue weighted by Gasteiger charge is -2.44. The first-order valence-corrected chi connectivity index (χ1v) is 18.5. The smallest absolute Gasteiger partial charge is 0.0781 e. The molecule has 0 bridgehead atoms. The maximum Gasteiger partial charge on any atom is 0.0781 e. The van der Waals surface area contributed by atoms with Crippen molar-refractivity contribution in [3.8, 4) is 11.1 Å². The summed E-state index contributed by atoms with van der Waals surface area (Å²) in [5, 5.41) is 7.48. The topological polar surface area (TPSA) is 6.48 Å². The molecule has 252 valence electrons. The van der Waals surface area contributed by atoms with Crippen LogP contribution in [0.1, 0.15) is 25.0 Å². The molecule has 0 amide bonds. The van der Waals surface area contributed by atoms with Crippen molar-refractivity contribution >= 4 is 66.4 Å². The number of fused-ring (bicyclic) bond motifs is 6.